The molecule has 194 valence electrons. The number of halogens is 1. The van der Waals surface area contributed by atoms with Crippen LogP contribution in [0.4, 0.5) is 0 Å². The van der Waals surface area contributed by atoms with Gasteiger partial charge in [0.2, 0.25) is 0 Å². The normalized spacial score (nSPS) is 13.9. The molecule has 2 heterocycles. The second-order valence-electron chi connectivity index (χ2n) is 11.9. The van der Waals surface area contributed by atoms with Crippen LogP contribution in [-0.4, -0.2) is 4.57 Å². The van der Waals surface area contributed by atoms with Crippen LogP contribution in [-0.2, 0) is 5.41 Å². The third kappa shape index (κ3) is 2.97. The molecule has 7 aromatic rings. The average molecular weight is 544 g/mol. The monoisotopic (exact) mass is 543 g/mol. The van der Waals surface area contributed by atoms with Crippen LogP contribution in [0.5, 0.6) is 0 Å². The van der Waals surface area contributed by atoms with Crippen LogP contribution in [0, 0.1) is 0 Å². The predicted molar refractivity (Wildman–Crippen MR) is 173 cm³/mol. The Labute approximate surface area is 244 Å². The maximum atomic E-state index is 6.30. The van der Waals surface area contributed by atoms with Gasteiger partial charge in [-0.2, -0.15) is 0 Å². The third-order valence-electron chi connectivity index (χ3n) is 9.40. The second-order valence-corrected chi connectivity index (χ2v) is 12.3. The van der Waals surface area contributed by atoms with Crippen molar-refractivity contribution in [2.45, 2.75) is 19.3 Å². The standard InChI is InChI=1S/C39H26ClN/c1-39(2)31-13-6-12-30-35-27(24-18-16-23(17-19-24)25-8-5-9-26(40)22-25)11-7-15-34(35)41-33-14-4-3-10-28(33)29-20-21-32(39)37(36(30)31)38(29)41/h3-22H,1-2H3. The Balaban J connectivity index is 1.40. The first-order valence-electron chi connectivity index (χ1n) is 14.2. The maximum absolute atomic E-state index is 6.30. The molecule has 0 bridgehead atoms. The summed E-state index contributed by atoms with van der Waals surface area (Å²) in [5, 5.41) is 3.38. The van der Waals surface area contributed by atoms with E-state index in [9.17, 15) is 0 Å². The van der Waals surface area contributed by atoms with Gasteiger partial charge in [0.05, 0.1) is 16.7 Å². The highest BCUT2D eigenvalue weighted by Crippen LogP contribution is 2.58. The van der Waals surface area contributed by atoms with Gasteiger partial charge >= 0.3 is 0 Å². The Hall–Kier alpha value is -4.59. The molecular weight excluding hydrogens is 518 g/mol. The Morgan fingerprint density at radius 2 is 1.27 bits per heavy atom. The largest absolute Gasteiger partial charge is 0.308 e. The fourth-order valence-corrected chi connectivity index (χ4v) is 7.73. The van der Waals surface area contributed by atoms with Crippen LogP contribution in [0.15, 0.2) is 121 Å². The zero-order valence-corrected chi connectivity index (χ0v) is 23.6. The van der Waals surface area contributed by atoms with Gasteiger partial charge in [-0.05, 0) is 68.8 Å². The Kier molecular flexibility index (Phi) is 4.51. The summed E-state index contributed by atoms with van der Waals surface area (Å²) >= 11 is 6.30. The molecule has 0 unspecified atom stereocenters. The van der Waals surface area contributed by atoms with Crippen molar-refractivity contribution in [1.82, 2.24) is 4.57 Å². The molecule has 9 rings (SSSR count). The highest BCUT2D eigenvalue weighted by Gasteiger charge is 2.41. The number of hydrogen-bond donors (Lipinski definition) is 0. The van der Waals surface area contributed by atoms with Crippen molar-refractivity contribution in [1.29, 1.82) is 0 Å². The van der Waals surface area contributed by atoms with Gasteiger partial charge in [0.15, 0.2) is 0 Å². The lowest BCUT2D eigenvalue weighted by atomic mass is 9.81. The molecule has 6 aromatic carbocycles. The highest BCUT2D eigenvalue weighted by atomic mass is 35.5. The van der Waals surface area contributed by atoms with Crippen LogP contribution >= 0.6 is 11.6 Å². The van der Waals surface area contributed by atoms with E-state index in [1.165, 1.54) is 72.0 Å². The lowest BCUT2D eigenvalue weighted by Gasteiger charge is -2.23. The molecular formula is C39H26ClN. The highest BCUT2D eigenvalue weighted by molar-refractivity contribution is 6.30. The number of benzene rings is 6. The van der Waals surface area contributed by atoms with Crippen molar-refractivity contribution in [3.63, 3.8) is 0 Å². The maximum Gasteiger partial charge on any atom is 0.0623 e. The molecule has 0 saturated carbocycles. The van der Waals surface area contributed by atoms with E-state index in [0.717, 1.165) is 16.1 Å². The summed E-state index contributed by atoms with van der Waals surface area (Å²) < 4.78 is 2.54. The summed E-state index contributed by atoms with van der Waals surface area (Å²) in [6, 6.07) is 44.3. The first-order valence-corrected chi connectivity index (χ1v) is 14.6. The van der Waals surface area contributed by atoms with E-state index in [4.69, 9.17) is 11.6 Å². The summed E-state index contributed by atoms with van der Waals surface area (Å²) in [6.45, 7) is 4.76. The molecule has 0 N–H and O–H groups in total. The van der Waals surface area contributed by atoms with Crippen LogP contribution in [0.2, 0.25) is 5.02 Å². The quantitative estimate of drug-likeness (QED) is 0.204. The molecule has 0 radical (unpaired) electrons. The molecule has 1 aliphatic heterocycles. The minimum atomic E-state index is -0.0682. The van der Waals surface area contributed by atoms with E-state index in [2.05, 4.69) is 122 Å². The minimum Gasteiger partial charge on any atom is -0.308 e. The molecule has 1 nitrogen and oxygen atoms in total. The lowest BCUT2D eigenvalue weighted by molar-refractivity contribution is 0.661. The van der Waals surface area contributed by atoms with Crippen LogP contribution < -0.4 is 0 Å². The first-order chi connectivity index (χ1) is 20.0. The zero-order valence-electron chi connectivity index (χ0n) is 22.9. The van der Waals surface area contributed by atoms with E-state index < -0.39 is 0 Å². The van der Waals surface area contributed by atoms with Crippen molar-refractivity contribution in [2.75, 3.05) is 0 Å². The van der Waals surface area contributed by atoms with Gasteiger partial charge < -0.3 is 4.57 Å². The average Bonchev–Trinajstić information content (AvgIpc) is 3.40. The van der Waals surface area contributed by atoms with Crippen molar-refractivity contribution >= 4 is 33.4 Å². The van der Waals surface area contributed by atoms with E-state index >= 15 is 0 Å². The summed E-state index contributed by atoms with van der Waals surface area (Å²) in [4.78, 5) is 0. The molecule has 1 aromatic heterocycles. The number of aromatic nitrogens is 1. The van der Waals surface area contributed by atoms with Crippen LogP contribution in [0.3, 0.4) is 0 Å². The number of rotatable bonds is 2. The number of para-hydroxylation sites is 1. The van der Waals surface area contributed by atoms with E-state index in [0.29, 0.717) is 0 Å². The number of fused-ring (bicyclic) bond motifs is 6. The number of hydrogen-bond acceptors (Lipinski definition) is 0. The molecule has 0 amide bonds. The topological polar surface area (TPSA) is 4.93 Å². The van der Waals surface area contributed by atoms with E-state index in [-0.39, 0.29) is 5.41 Å². The summed E-state index contributed by atoms with van der Waals surface area (Å²) in [7, 11) is 0. The second kappa shape index (κ2) is 8.00. The molecule has 1 aliphatic carbocycles. The smallest absolute Gasteiger partial charge is 0.0623 e. The van der Waals surface area contributed by atoms with Crippen LogP contribution in [0.1, 0.15) is 25.0 Å². The van der Waals surface area contributed by atoms with Crippen molar-refractivity contribution < 1.29 is 0 Å². The lowest BCUT2D eigenvalue weighted by Crippen LogP contribution is -2.15. The van der Waals surface area contributed by atoms with Gasteiger partial charge in [-0.1, -0.05) is 123 Å². The summed E-state index contributed by atoms with van der Waals surface area (Å²) in [5.74, 6) is 0. The van der Waals surface area contributed by atoms with Crippen molar-refractivity contribution in [3.8, 4) is 50.2 Å². The molecule has 41 heavy (non-hydrogen) atoms. The van der Waals surface area contributed by atoms with Gasteiger partial charge in [0.1, 0.15) is 0 Å². The predicted octanol–water partition coefficient (Wildman–Crippen LogP) is 11.1. The molecule has 0 fully saturated rings. The third-order valence-corrected chi connectivity index (χ3v) is 9.64. The Bertz CT molecular complexity index is 2230. The van der Waals surface area contributed by atoms with Crippen LogP contribution in [0.25, 0.3) is 72.0 Å². The fourth-order valence-electron chi connectivity index (χ4n) is 7.54. The Morgan fingerprint density at radius 1 is 0.537 bits per heavy atom. The molecule has 0 spiro atoms. The molecule has 2 heteroatoms. The van der Waals surface area contributed by atoms with Crippen molar-refractivity contribution in [3.05, 3.63) is 137 Å². The minimum absolute atomic E-state index is 0.0682. The Morgan fingerprint density at radius 3 is 2.12 bits per heavy atom. The van der Waals surface area contributed by atoms with E-state index in [1.54, 1.807) is 0 Å². The fraction of sp³-hybridized carbons (Fsp3) is 0.0769. The van der Waals surface area contributed by atoms with Crippen molar-refractivity contribution in [2.24, 2.45) is 0 Å². The molecule has 0 saturated heterocycles. The van der Waals surface area contributed by atoms with Gasteiger partial charge in [-0.25, -0.2) is 0 Å². The summed E-state index contributed by atoms with van der Waals surface area (Å²) in [5.41, 5.74) is 16.7. The van der Waals surface area contributed by atoms with Gasteiger partial charge in [-0.15, -0.1) is 0 Å². The zero-order chi connectivity index (χ0) is 27.5. The van der Waals surface area contributed by atoms with Gasteiger partial charge in [-0.3, -0.25) is 0 Å². The molecule has 0 atom stereocenters. The SMILES string of the molecule is CC1(C)c2cccc3c2-c2c1ccc1c4ccccc4n(c21)-c1cccc(-c2ccc(-c4cccc(Cl)c4)cc2)c1-3. The summed E-state index contributed by atoms with van der Waals surface area (Å²) in [6.07, 6.45) is 0. The van der Waals surface area contributed by atoms with Gasteiger partial charge in [0.25, 0.3) is 0 Å². The van der Waals surface area contributed by atoms with Gasteiger partial charge in [0, 0.05) is 32.3 Å². The molecule has 2 aliphatic rings. The first kappa shape index (κ1) is 23.1. The van der Waals surface area contributed by atoms with E-state index in [1.807, 2.05) is 18.2 Å². The number of nitrogens with zero attached hydrogens (tertiary/aromatic N) is 1.